The fraction of sp³-hybridized carbons (Fsp3) is 0.923. The van der Waals surface area contributed by atoms with Gasteiger partial charge in [-0.25, -0.2) is 0 Å². The minimum Gasteiger partial charge on any atom is -0.391 e. The van der Waals surface area contributed by atoms with Crippen LogP contribution in [-0.4, -0.2) is 60.0 Å². The summed E-state index contributed by atoms with van der Waals surface area (Å²) in [6.07, 6.45) is 5.30. The molecule has 5 fully saturated rings. The lowest BCUT2D eigenvalue weighted by atomic mass is 9.43. The Hall–Kier alpha value is -0.780. The summed E-state index contributed by atoms with van der Waals surface area (Å²) < 4.78 is 5.55. The van der Waals surface area contributed by atoms with E-state index in [1.807, 2.05) is 0 Å². The van der Waals surface area contributed by atoms with Crippen LogP contribution in [0.3, 0.4) is 0 Å². The monoisotopic (exact) mass is 431 g/mol. The molecule has 31 heavy (non-hydrogen) atoms. The molecule has 5 aliphatic rings. The fourth-order valence-electron chi connectivity index (χ4n) is 9.61. The highest BCUT2D eigenvalue weighted by atomic mass is 16.5. The average molecular weight is 432 g/mol. The van der Waals surface area contributed by atoms with Crippen LogP contribution in [0.15, 0.2) is 0 Å². The molecule has 10 atom stereocenters. The van der Waals surface area contributed by atoms with Crippen molar-refractivity contribution < 1.29 is 19.4 Å². The molecule has 0 unspecified atom stereocenters. The van der Waals surface area contributed by atoms with Gasteiger partial charge in [0, 0.05) is 37.4 Å². The van der Waals surface area contributed by atoms with Gasteiger partial charge in [-0.05, 0) is 73.5 Å². The highest BCUT2D eigenvalue weighted by molar-refractivity contribution is 5.87. The molecule has 0 aromatic rings. The second-order valence-electron chi connectivity index (χ2n) is 12.2. The van der Waals surface area contributed by atoms with Crippen LogP contribution in [0.1, 0.15) is 66.2 Å². The molecule has 4 aliphatic carbocycles. The van der Waals surface area contributed by atoms with Crippen LogP contribution in [0.25, 0.3) is 0 Å². The lowest BCUT2D eigenvalue weighted by Crippen LogP contribution is -2.62. The number of nitrogens with zero attached hydrogens (tertiary/aromatic N) is 1. The number of carbonyl (C=O) groups excluding carboxylic acids is 2. The molecular formula is C26H41NO4. The molecular weight excluding hydrogens is 390 g/mol. The zero-order valence-corrected chi connectivity index (χ0v) is 19.8. The number of fused-ring (bicyclic) bond motifs is 5. The molecule has 0 amide bonds. The number of morpholine rings is 1. The zero-order chi connectivity index (χ0) is 22.1. The Bertz CT molecular complexity index is 748. The Morgan fingerprint density at radius 1 is 1.13 bits per heavy atom. The Morgan fingerprint density at radius 3 is 2.52 bits per heavy atom. The highest BCUT2D eigenvalue weighted by Gasteiger charge is 2.66. The number of ether oxygens (including phenoxy) is 1. The number of aliphatic hydroxyl groups excluding tert-OH is 1. The maximum Gasteiger partial charge on any atom is 0.137 e. The number of Topliss-reactive ketones (excluding diaryl/α,β-unsaturated/α-hetero) is 2. The Balaban J connectivity index is 1.46. The van der Waals surface area contributed by atoms with E-state index in [9.17, 15) is 14.7 Å². The molecule has 1 N–H and O–H groups in total. The summed E-state index contributed by atoms with van der Waals surface area (Å²) in [5.74, 6) is 2.49. The van der Waals surface area contributed by atoms with Gasteiger partial charge < -0.3 is 9.84 Å². The van der Waals surface area contributed by atoms with Gasteiger partial charge in [-0.3, -0.25) is 14.5 Å². The smallest absolute Gasteiger partial charge is 0.137 e. The van der Waals surface area contributed by atoms with Crippen LogP contribution in [0.4, 0.5) is 0 Å². The molecule has 0 aromatic heterocycles. The SMILES string of the molecule is CC(=O)[C@H]1[C@H](C)C[C@H]2[C@@H]3CC[C@H]4C[C@H](O)[C@@H](N5CCOCC5)C[C@]4(C)[C@H]3C(=O)C[C@@]21C. The van der Waals surface area contributed by atoms with Gasteiger partial charge >= 0.3 is 0 Å². The van der Waals surface area contributed by atoms with Gasteiger partial charge in [0.05, 0.1) is 19.3 Å². The van der Waals surface area contributed by atoms with E-state index in [0.717, 1.165) is 58.4 Å². The maximum atomic E-state index is 13.9. The predicted octanol–water partition coefficient (Wildman–Crippen LogP) is 3.33. The molecule has 1 aliphatic heterocycles. The molecule has 174 valence electrons. The van der Waals surface area contributed by atoms with E-state index < -0.39 is 0 Å². The average Bonchev–Trinajstić information content (AvgIpc) is 2.98. The van der Waals surface area contributed by atoms with Gasteiger partial charge in [0.25, 0.3) is 0 Å². The molecule has 0 bridgehead atoms. The number of hydrogen-bond donors (Lipinski definition) is 1. The first-order valence-corrected chi connectivity index (χ1v) is 12.7. The summed E-state index contributed by atoms with van der Waals surface area (Å²) in [5, 5.41) is 11.1. The van der Waals surface area contributed by atoms with Crippen LogP contribution >= 0.6 is 0 Å². The molecule has 1 saturated heterocycles. The molecule has 0 spiro atoms. The van der Waals surface area contributed by atoms with Gasteiger partial charge in [-0.1, -0.05) is 20.8 Å². The summed E-state index contributed by atoms with van der Waals surface area (Å²) in [6.45, 7) is 11.8. The van der Waals surface area contributed by atoms with Crippen molar-refractivity contribution in [3.05, 3.63) is 0 Å². The number of hydrogen-bond acceptors (Lipinski definition) is 5. The van der Waals surface area contributed by atoms with Gasteiger partial charge in [0.2, 0.25) is 0 Å². The van der Waals surface area contributed by atoms with Gasteiger partial charge in [0.15, 0.2) is 0 Å². The molecule has 5 nitrogen and oxygen atoms in total. The summed E-state index contributed by atoms with van der Waals surface area (Å²) >= 11 is 0. The zero-order valence-electron chi connectivity index (χ0n) is 19.8. The van der Waals surface area contributed by atoms with E-state index in [2.05, 4.69) is 25.7 Å². The Morgan fingerprint density at radius 2 is 1.84 bits per heavy atom. The summed E-state index contributed by atoms with van der Waals surface area (Å²) in [4.78, 5) is 28.9. The lowest BCUT2D eigenvalue weighted by Gasteiger charge is -2.61. The van der Waals surface area contributed by atoms with Gasteiger partial charge in [-0.15, -0.1) is 0 Å². The topological polar surface area (TPSA) is 66.8 Å². The van der Waals surface area contributed by atoms with E-state index in [0.29, 0.717) is 35.9 Å². The normalized spacial score (nSPS) is 52.9. The van der Waals surface area contributed by atoms with Crippen molar-refractivity contribution in [1.82, 2.24) is 4.90 Å². The quantitative estimate of drug-likeness (QED) is 0.726. The molecule has 0 aromatic carbocycles. The number of ketones is 2. The standard InChI is InChI=1S/C26H41NO4/c1-15-11-19-18-6-5-17-12-21(29)20(27-7-9-31-10-8-27)13-25(17,3)24(18)22(30)14-26(19,4)23(15)16(2)28/h15,17-21,23-24,29H,5-14H2,1-4H3/t15-,17+,18+,19+,20+,21+,23-,24-,25+,26+/m1/s1. The van der Waals surface area contributed by atoms with Crippen molar-refractivity contribution in [2.24, 2.45) is 46.3 Å². The number of rotatable bonds is 2. The number of aliphatic hydroxyl groups is 1. The lowest BCUT2D eigenvalue weighted by molar-refractivity contribution is -0.171. The van der Waals surface area contributed by atoms with E-state index in [1.165, 1.54) is 0 Å². The van der Waals surface area contributed by atoms with E-state index in [4.69, 9.17) is 4.74 Å². The third-order valence-corrected chi connectivity index (χ3v) is 10.7. The van der Waals surface area contributed by atoms with Crippen LogP contribution in [0.2, 0.25) is 0 Å². The van der Waals surface area contributed by atoms with E-state index in [-0.39, 0.29) is 40.6 Å². The van der Waals surface area contributed by atoms with Crippen LogP contribution in [0.5, 0.6) is 0 Å². The van der Waals surface area contributed by atoms with Crippen molar-refractivity contribution in [2.75, 3.05) is 26.3 Å². The maximum absolute atomic E-state index is 13.9. The summed E-state index contributed by atoms with van der Waals surface area (Å²) in [5.41, 5.74) is -0.203. The first kappa shape index (κ1) is 22.0. The van der Waals surface area contributed by atoms with Crippen molar-refractivity contribution in [3.8, 4) is 0 Å². The summed E-state index contributed by atoms with van der Waals surface area (Å²) in [7, 11) is 0. The van der Waals surface area contributed by atoms with E-state index in [1.54, 1.807) is 6.92 Å². The second kappa shape index (κ2) is 7.63. The second-order valence-corrected chi connectivity index (χ2v) is 12.2. The third kappa shape index (κ3) is 3.20. The van der Waals surface area contributed by atoms with Crippen LogP contribution < -0.4 is 0 Å². The van der Waals surface area contributed by atoms with Crippen molar-refractivity contribution in [2.45, 2.75) is 78.4 Å². The minimum absolute atomic E-state index is 0.0298. The van der Waals surface area contributed by atoms with Gasteiger partial charge in [-0.2, -0.15) is 0 Å². The van der Waals surface area contributed by atoms with Crippen LogP contribution in [-0.2, 0) is 14.3 Å². The first-order chi connectivity index (χ1) is 14.7. The summed E-state index contributed by atoms with van der Waals surface area (Å²) in [6, 6.07) is 0.137. The Kier molecular flexibility index (Phi) is 5.42. The third-order valence-electron chi connectivity index (χ3n) is 10.7. The highest BCUT2D eigenvalue weighted by Crippen LogP contribution is 2.67. The van der Waals surface area contributed by atoms with E-state index >= 15 is 0 Å². The van der Waals surface area contributed by atoms with Crippen molar-refractivity contribution in [3.63, 3.8) is 0 Å². The molecule has 5 rings (SSSR count). The molecule has 5 heteroatoms. The molecule has 4 saturated carbocycles. The van der Waals surface area contributed by atoms with Crippen LogP contribution in [0, 0.1) is 46.3 Å². The van der Waals surface area contributed by atoms with Gasteiger partial charge in [0.1, 0.15) is 11.6 Å². The molecule has 0 radical (unpaired) electrons. The predicted molar refractivity (Wildman–Crippen MR) is 118 cm³/mol. The fourth-order valence-corrected chi connectivity index (χ4v) is 9.61. The molecule has 1 heterocycles. The largest absolute Gasteiger partial charge is 0.391 e. The van der Waals surface area contributed by atoms with Crippen molar-refractivity contribution in [1.29, 1.82) is 0 Å². The number of carbonyl (C=O) groups is 2. The van der Waals surface area contributed by atoms with Crippen molar-refractivity contribution >= 4 is 11.6 Å². The minimum atomic E-state index is -0.301. The first-order valence-electron chi connectivity index (χ1n) is 12.7. The Labute approximate surface area is 187 Å².